The van der Waals surface area contributed by atoms with Crippen molar-refractivity contribution in [2.24, 2.45) is 0 Å². The van der Waals surface area contributed by atoms with Gasteiger partial charge in [0.15, 0.2) is 0 Å². The summed E-state index contributed by atoms with van der Waals surface area (Å²) in [5, 5.41) is 8.82. The zero-order chi connectivity index (χ0) is 8.53. The second-order valence-electron chi connectivity index (χ2n) is 3.05. The molecule has 0 saturated carbocycles. The van der Waals surface area contributed by atoms with Gasteiger partial charge in [0.05, 0.1) is 5.76 Å². The van der Waals surface area contributed by atoms with E-state index >= 15 is 0 Å². The minimum Gasteiger partial charge on any atom is -0.513 e. The average molecular weight is 156 g/mol. The summed E-state index contributed by atoms with van der Waals surface area (Å²) in [7, 11) is 0. The van der Waals surface area contributed by atoms with Crippen LogP contribution in [0.2, 0.25) is 0 Å². The van der Waals surface area contributed by atoms with E-state index in [2.05, 4.69) is 6.92 Å². The molecule has 1 N–H and O–H groups in total. The molecular weight excluding hydrogens is 136 g/mol. The van der Waals surface area contributed by atoms with Crippen LogP contribution in [0.15, 0.2) is 11.8 Å². The summed E-state index contributed by atoms with van der Waals surface area (Å²) in [4.78, 5) is 0. The van der Waals surface area contributed by atoms with Gasteiger partial charge >= 0.3 is 0 Å². The lowest BCUT2D eigenvalue weighted by molar-refractivity contribution is 0.410. The van der Waals surface area contributed by atoms with Gasteiger partial charge < -0.3 is 5.11 Å². The number of allylic oxidation sites excluding steroid dienone is 2. The third-order valence-corrected chi connectivity index (χ3v) is 1.75. The molecule has 1 heteroatoms. The molecular formula is C10H20O. The number of hydrogen-bond acceptors (Lipinski definition) is 1. The van der Waals surface area contributed by atoms with Crippen LogP contribution in [0, 0.1) is 0 Å². The highest BCUT2D eigenvalue weighted by Gasteiger charge is 1.87. The molecule has 0 fully saturated rings. The monoisotopic (exact) mass is 156 g/mol. The Bertz CT molecular complexity index is 101. The Labute approximate surface area is 70.1 Å². The van der Waals surface area contributed by atoms with Gasteiger partial charge in [-0.05, 0) is 25.8 Å². The van der Waals surface area contributed by atoms with E-state index in [1.165, 1.54) is 32.1 Å². The van der Waals surface area contributed by atoms with E-state index in [1.54, 1.807) is 6.92 Å². The Kier molecular flexibility index (Phi) is 7.33. The fourth-order valence-corrected chi connectivity index (χ4v) is 1.06. The van der Waals surface area contributed by atoms with Crippen molar-refractivity contribution in [3.05, 3.63) is 11.8 Å². The summed E-state index contributed by atoms with van der Waals surface area (Å²) >= 11 is 0. The first kappa shape index (κ1) is 10.5. The minimum atomic E-state index is 0.459. The first-order chi connectivity index (χ1) is 5.27. The topological polar surface area (TPSA) is 20.2 Å². The second kappa shape index (κ2) is 7.64. The lowest BCUT2D eigenvalue weighted by Gasteiger charge is -1.96. The van der Waals surface area contributed by atoms with Gasteiger partial charge in [0.1, 0.15) is 0 Å². The van der Waals surface area contributed by atoms with Crippen LogP contribution in [0.25, 0.3) is 0 Å². The molecule has 0 aromatic rings. The number of hydrogen-bond donors (Lipinski definition) is 1. The fourth-order valence-electron chi connectivity index (χ4n) is 1.06. The van der Waals surface area contributed by atoms with Crippen LogP contribution in [0.5, 0.6) is 0 Å². The van der Waals surface area contributed by atoms with E-state index in [1.807, 2.05) is 6.08 Å². The smallest absolute Gasteiger partial charge is 0.0851 e. The highest BCUT2D eigenvalue weighted by molar-refractivity contribution is 4.84. The van der Waals surface area contributed by atoms with Gasteiger partial charge in [-0.3, -0.25) is 0 Å². The molecule has 0 amide bonds. The predicted molar refractivity (Wildman–Crippen MR) is 49.8 cm³/mol. The molecule has 0 aromatic carbocycles. The van der Waals surface area contributed by atoms with Gasteiger partial charge in [0.2, 0.25) is 0 Å². The van der Waals surface area contributed by atoms with E-state index in [0.29, 0.717) is 5.76 Å². The SMILES string of the molecule is CCCCCCC/C=C(\C)O. The summed E-state index contributed by atoms with van der Waals surface area (Å²) in [6.07, 6.45) is 9.44. The van der Waals surface area contributed by atoms with Gasteiger partial charge in [-0.2, -0.15) is 0 Å². The third kappa shape index (κ3) is 9.54. The van der Waals surface area contributed by atoms with Crippen LogP contribution < -0.4 is 0 Å². The molecule has 0 aromatic heterocycles. The molecule has 0 atom stereocenters. The van der Waals surface area contributed by atoms with E-state index in [4.69, 9.17) is 5.11 Å². The maximum Gasteiger partial charge on any atom is 0.0851 e. The Morgan fingerprint density at radius 1 is 1.18 bits per heavy atom. The highest BCUT2D eigenvalue weighted by atomic mass is 16.3. The van der Waals surface area contributed by atoms with Crippen molar-refractivity contribution in [3.8, 4) is 0 Å². The van der Waals surface area contributed by atoms with Gasteiger partial charge in [-0.1, -0.05) is 32.6 Å². The largest absolute Gasteiger partial charge is 0.513 e. The van der Waals surface area contributed by atoms with Crippen LogP contribution in [0.3, 0.4) is 0 Å². The molecule has 0 spiro atoms. The number of rotatable bonds is 6. The minimum absolute atomic E-state index is 0.459. The molecule has 0 aliphatic heterocycles. The van der Waals surface area contributed by atoms with Crippen LogP contribution in [0.4, 0.5) is 0 Å². The molecule has 0 saturated heterocycles. The molecule has 0 unspecified atom stereocenters. The van der Waals surface area contributed by atoms with Crippen molar-refractivity contribution in [2.45, 2.75) is 52.4 Å². The van der Waals surface area contributed by atoms with E-state index in [0.717, 1.165) is 6.42 Å². The number of aliphatic hydroxyl groups is 1. The Morgan fingerprint density at radius 3 is 2.36 bits per heavy atom. The number of unbranched alkanes of at least 4 members (excludes halogenated alkanes) is 5. The van der Waals surface area contributed by atoms with Crippen molar-refractivity contribution >= 4 is 0 Å². The summed E-state index contributed by atoms with van der Waals surface area (Å²) in [6, 6.07) is 0. The predicted octanol–water partition coefficient (Wildman–Crippen LogP) is 3.81. The molecule has 0 aliphatic rings. The second-order valence-corrected chi connectivity index (χ2v) is 3.05. The molecule has 1 nitrogen and oxygen atoms in total. The molecule has 0 rings (SSSR count). The molecule has 0 heterocycles. The van der Waals surface area contributed by atoms with Gasteiger partial charge in [0, 0.05) is 0 Å². The summed E-state index contributed by atoms with van der Waals surface area (Å²) in [5.41, 5.74) is 0. The van der Waals surface area contributed by atoms with E-state index < -0.39 is 0 Å². The van der Waals surface area contributed by atoms with Crippen molar-refractivity contribution in [1.29, 1.82) is 0 Å². The number of aliphatic hydroxyl groups excluding tert-OH is 1. The lowest BCUT2D eigenvalue weighted by atomic mass is 10.1. The maximum atomic E-state index is 8.82. The zero-order valence-corrected chi connectivity index (χ0v) is 7.77. The summed E-state index contributed by atoms with van der Waals surface area (Å²) in [5.74, 6) is 0.459. The Balaban J connectivity index is 2.97. The van der Waals surface area contributed by atoms with Gasteiger partial charge in [-0.15, -0.1) is 0 Å². The fraction of sp³-hybridized carbons (Fsp3) is 0.800. The molecule has 11 heavy (non-hydrogen) atoms. The molecule has 0 bridgehead atoms. The lowest BCUT2D eigenvalue weighted by Crippen LogP contribution is -1.77. The zero-order valence-electron chi connectivity index (χ0n) is 7.77. The van der Waals surface area contributed by atoms with Gasteiger partial charge in [0.25, 0.3) is 0 Å². The standard InChI is InChI=1S/C10H20O/c1-3-4-5-6-7-8-9-10(2)11/h9,11H,3-8H2,1-2H3/b10-9+. The van der Waals surface area contributed by atoms with Crippen LogP contribution in [0.1, 0.15) is 52.4 Å². The van der Waals surface area contributed by atoms with E-state index in [9.17, 15) is 0 Å². The third-order valence-electron chi connectivity index (χ3n) is 1.75. The summed E-state index contributed by atoms with van der Waals surface area (Å²) < 4.78 is 0. The maximum absolute atomic E-state index is 8.82. The van der Waals surface area contributed by atoms with Crippen molar-refractivity contribution in [3.63, 3.8) is 0 Å². The van der Waals surface area contributed by atoms with Gasteiger partial charge in [-0.25, -0.2) is 0 Å². The normalized spacial score (nSPS) is 12.0. The van der Waals surface area contributed by atoms with Crippen LogP contribution in [-0.2, 0) is 0 Å². The Hall–Kier alpha value is -0.460. The Morgan fingerprint density at radius 2 is 1.82 bits per heavy atom. The first-order valence-corrected chi connectivity index (χ1v) is 4.63. The average Bonchev–Trinajstić information content (AvgIpc) is 1.96. The molecule has 0 radical (unpaired) electrons. The van der Waals surface area contributed by atoms with Crippen LogP contribution >= 0.6 is 0 Å². The summed E-state index contributed by atoms with van der Waals surface area (Å²) in [6.45, 7) is 3.95. The molecule has 0 aliphatic carbocycles. The van der Waals surface area contributed by atoms with Crippen molar-refractivity contribution in [1.82, 2.24) is 0 Å². The highest BCUT2D eigenvalue weighted by Crippen LogP contribution is 2.05. The van der Waals surface area contributed by atoms with E-state index in [-0.39, 0.29) is 0 Å². The molecule has 66 valence electrons. The first-order valence-electron chi connectivity index (χ1n) is 4.63. The van der Waals surface area contributed by atoms with Crippen molar-refractivity contribution < 1.29 is 5.11 Å². The van der Waals surface area contributed by atoms with Crippen LogP contribution in [-0.4, -0.2) is 5.11 Å². The quantitative estimate of drug-likeness (QED) is 0.458. The van der Waals surface area contributed by atoms with Crippen molar-refractivity contribution in [2.75, 3.05) is 0 Å².